The first-order valence-corrected chi connectivity index (χ1v) is 7.47. The maximum Gasteiger partial charge on any atom is 0.151 e. The zero-order chi connectivity index (χ0) is 16.1. The molecule has 0 atom stereocenters. The summed E-state index contributed by atoms with van der Waals surface area (Å²) in [4.78, 5) is 6.94. The minimum absolute atomic E-state index is 0.0121. The van der Waals surface area contributed by atoms with Crippen molar-refractivity contribution in [1.29, 1.82) is 0 Å². The number of ether oxygens (including phenoxy) is 1. The predicted molar refractivity (Wildman–Crippen MR) is 84.2 cm³/mol. The van der Waals surface area contributed by atoms with E-state index in [0.717, 1.165) is 5.56 Å². The maximum absolute atomic E-state index is 14.2. The monoisotopic (exact) mass is 320 g/mol. The van der Waals surface area contributed by atoms with Gasteiger partial charge in [0.25, 0.3) is 0 Å². The zero-order valence-electron chi connectivity index (χ0n) is 12.6. The van der Waals surface area contributed by atoms with E-state index in [1.807, 2.05) is 30.3 Å². The fourth-order valence-electron chi connectivity index (χ4n) is 2.49. The first-order valence-electron chi connectivity index (χ1n) is 7.47. The summed E-state index contributed by atoms with van der Waals surface area (Å²) in [5, 5.41) is 0. The van der Waals surface area contributed by atoms with Crippen molar-refractivity contribution in [3.63, 3.8) is 0 Å². The largest absolute Gasteiger partial charge is 0.378 e. The Balaban J connectivity index is 1.64. The van der Waals surface area contributed by atoms with E-state index in [2.05, 4.69) is 5.48 Å². The SMILES string of the molecule is Fc1cc(NOCc2ccccc2)cc(F)c1N1CCOCC1. The van der Waals surface area contributed by atoms with Crippen LogP contribution in [0.15, 0.2) is 42.5 Å². The molecule has 23 heavy (non-hydrogen) atoms. The van der Waals surface area contributed by atoms with E-state index in [1.54, 1.807) is 4.90 Å². The van der Waals surface area contributed by atoms with Gasteiger partial charge in [0.15, 0.2) is 11.6 Å². The molecule has 0 bridgehead atoms. The smallest absolute Gasteiger partial charge is 0.151 e. The van der Waals surface area contributed by atoms with Crippen molar-refractivity contribution in [2.45, 2.75) is 6.61 Å². The van der Waals surface area contributed by atoms with Gasteiger partial charge in [0.2, 0.25) is 0 Å². The number of hydrogen-bond acceptors (Lipinski definition) is 4. The topological polar surface area (TPSA) is 33.7 Å². The summed E-state index contributed by atoms with van der Waals surface area (Å²) in [5.41, 5.74) is 3.78. The van der Waals surface area contributed by atoms with Gasteiger partial charge in [-0.25, -0.2) is 8.78 Å². The summed E-state index contributed by atoms with van der Waals surface area (Å²) < 4.78 is 33.7. The minimum atomic E-state index is -0.613. The van der Waals surface area contributed by atoms with Crippen LogP contribution in [0.4, 0.5) is 20.2 Å². The van der Waals surface area contributed by atoms with Gasteiger partial charge in [0, 0.05) is 25.2 Å². The number of nitrogens with zero attached hydrogens (tertiary/aromatic N) is 1. The molecule has 1 aliphatic heterocycles. The van der Waals surface area contributed by atoms with Gasteiger partial charge in [-0.05, 0) is 5.56 Å². The lowest BCUT2D eigenvalue weighted by Gasteiger charge is -2.29. The lowest BCUT2D eigenvalue weighted by atomic mass is 10.2. The fraction of sp³-hybridized carbons (Fsp3) is 0.294. The van der Waals surface area contributed by atoms with Gasteiger partial charge in [0.05, 0.1) is 25.5 Å². The van der Waals surface area contributed by atoms with Crippen molar-refractivity contribution in [3.8, 4) is 0 Å². The van der Waals surface area contributed by atoms with Gasteiger partial charge in [-0.3, -0.25) is 10.3 Å². The van der Waals surface area contributed by atoms with Crippen LogP contribution in [-0.2, 0) is 16.2 Å². The molecule has 0 aliphatic carbocycles. The second-order valence-electron chi connectivity index (χ2n) is 5.26. The molecule has 0 aromatic heterocycles. The van der Waals surface area contributed by atoms with Crippen molar-refractivity contribution >= 4 is 11.4 Å². The molecule has 0 saturated carbocycles. The first kappa shape index (κ1) is 15.7. The van der Waals surface area contributed by atoms with Crippen molar-refractivity contribution in [1.82, 2.24) is 0 Å². The van der Waals surface area contributed by atoms with Gasteiger partial charge in [-0.2, -0.15) is 0 Å². The third-order valence-corrected chi connectivity index (χ3v) is 3.62. The van der Waals surface area contributed by atoms with Crippen LogP contribution in [-0.4, -0.2) is 26.3 Å². The Labute approximate surface area is 133 Å². The summed E-state index contributed by atoms with van der Waals surface area (Å²) in [7, 11) is 0. The Bertz CT molecular complexity index is 623. The molecule has 6 heteroatoms. The highest BCUT2D eigenvalue weighted by atomic mass is 19.1. The average molecular weight is 320 g/mol. The molecule has 4 nitrogen and oxygen atoms in total. The van der Waals surface area contributed by atoms with Crippen LogP contribution in [0.2, 0.25) is 0 Å². The van der Waals surface area contributed by atoms with Crippen LogP contribution in [0.3, 0.4) is 0 Å². The van der Waals surface area contributed by atoms with Crippen LogP contribution in [0, 0.1) is 11.6 Å². The molecule has 0 radical (unpaired) electrons. The maximum atomic E-state index is 14.2. The number of morpholine rings is 1. The molecule has 0 spiro atoms. The Morgan fingerprint density at radius 1 is 1.04 bits per heavy atom. The van der Waals surface area contributed by atoms with Crippen LogP contribution < -0.4 is 10.4 Å². The number of anilines is 2. The Morgan fingerprint density at radius 3 is 2.35 bits per heavy atom. The van der Waals surface area contributed by atoms with Crippen molar-refractivity contribution in [3.05, 3.63) is 59.7 Å². The van der Waals surface area contributed by atoms with Gasteiger partial charge in [-0.1, -0.05) is 30.3 Å². The molecule has 3 rings (SSSR count). The lowest BCUT2D eigenvalue weighted by molar-refractivity contribution is 0.122. The molecule has 1 fully saturated rings. The summed E-state index contributed by atoms with van der Waals surface area (Å²) >= 11 is 0. The molecule has 1 N–H and O–H groups in total. The van der Waals surface area contributed by atoms with E-state index in [1.165, 1.54) is 12.1 Å². The third kappa shape index (κ3) is 3.97. The highest BCUT2D eigenvalue weighted by molar-refractivity contribution is 5.57. The highest BCUT2D eigenvalue weighted by Gasteiger charge is 2.20. The number of benzene rings is 2. The van der Waals surface area contributed by atoms with E-state index in [9.17, 15) is 8.78 Å². The van der Waals surface area contributed by atoms with Gasteiger partial charge < -0.3 is 9.64 Å². The summed E-state index contributed by atoms with van der Waals surface area (Å²) in [6.07, 6.45) is 0. The lowest BCUT2D eigenvalue weighted by Crippen LogP contribution is -2.37. The van der Waals surface area contributed by atoms with E-state index in [-0.39, 0.29) is 11.4 Å². The summed E-state index contributed by atoms with van der Waals surface area (Å²) in [6.45, 7) is 2.20. The van der Waals surface area contributed by atoms with Crippen LogP contribution in [0.25, 0.3) is 0 Å². The molecule has 0 amide bonds. The molecule has 2 aromatic rings. The summed E-state index contributed by atoms with van der Waals surface area (Å²) in [5.74, 6) is -1.23. The highest BCUT2D eigenvalue weighted by Crippen LogP contribution is 2.27. The first-order chi connectivity index (χ1) is 11.2. The van der Waals surface area contributed by atoms with E-state index >= 15 is 0 Å². The molecule has 0 unspecified atom stereocenters. The third-order valence-electron chi connectivity index (χ3n) is 3.62. The van der Waals surface area contributed by atoms with Crippen LogP contribution >= 0.6 is 0 Å². The molecular weight excluding hydrogens is 302 g/mol. The van der Waals surface area contributed by atoms with Gasteiger partial charge in [0.1, 0.15) is 5.69 Å². The Kier molecular flexibility index (Phi) is 5.05. The van der Waals surface area contributed by atoms with E-state index < -0.39 is 11.6 Å². The van der Waals surface area contributed by atoms with E-state index in [4.69, 9.17) is 9.57 Å². The van der Waals surface area contributed by atoms with Crippen molar-refractivity contribution < 1.29 is 18.4 Å². The normalized spacial score (nSPS) is 14.8. The Hall–Kier alpha value is -2.18. The molecule has 1 aliphatic rings. The van der Waals surface area contributed by atoms with Crippen LogP contribution in [0.1, 0.15) is 5.56 Å². The van der Waals surface area contributed by atoms with Gasteiger partial charge in [-0.15, -0.1) is 0 Å². The van der Waals surface area contributed by atoms with E-state index in [0.29, 0.717) is 32.9 Å². The molecule has 122 valence electrons. The number of nitrogens with one attached hydrogen (secondary N) is 1. The average Bonchev–Trinajstić information content (AvgIpc) is 2.56. The number of rotatable bonds is 5. The second-order valence-corrected chi connectivity index (χ2v) is 5.26. The zero-order valence-corrected chi connectivity index (χ0v) is 12.6. The van der Waals surface area contributed by atoms with Crippen molar-refractivity contribution in [2.24, 2.45) is 0 Å². The molecule has 2 aromatic carbocycles. The fourth-order valence-corrected chi connectivity index (χ4v) is 2.49. The predicted octanol–water partition coefficient (Wildman–Crippen LogP) is 3.35. The van der Waals surface area contributed by atoms with Gasteiger partial charge >= 0.3 is 0 Å². The standard InChI is InChI=1S/C17H18F2N2O2/c18-15-10-14(20-23-12-13-4-2-1-3-5-13)11-16(19)17(15)21-6-8-22-9-7-21/h1-5,10-11,20H,6-9,12H2. The molecule has 1 heterocycles. The Morgan fingerprint density at radius 2 is 1.70 bits per heavy atom. The molecular formula is C17H18F2N2O2. The minimum Gasteiger partial charge on any atom is -0.378 e. The van der Waals surface area contributed by atoms with Crippen molar-refractivity contribution in [2.75, 3.05) is 36.7 Å². The summed E-state index contributed by atoms with van der Waals surface area (Å²) in [6, 6.07) is 12.0. The molecule has 1 saturated heterocycles. The number of halogens is 2. The number of hydrogen-bond donors (Lipinski definition) is 1. The quantitative estimate of drug-likeness (QED) is 0.857. The van der Waals surface area contributed by atoms with Crippen LogP contribution in [0.5, 0.6) is 0 Å². The second kappa shape index (κ2) is 7.39.